The van der Waals surface area contributed by atoms with Gasteiger partial charge in [0.15, 0.2) is 17.5 Å². The molecule has 1 aromatic carbocycles. The molecule has 26 heavy (non-hydrogen) atoms. The van der Waals surface area contributed by atoms with Crippen LogP contribution in [0, 0.1) is 17.5 Å². The molecule has 0 radical (unpaired) electrons. The lowest BCUT2D eigenvalue weighted by molar-refractivity contribution is 0.0643. The molecular formula is C18H19F3N4O. The molecule has 138 valence electrons. The van der Waals surface area contributed by atoms with E-state index in [9.17, 15) is 18.0 Å². The van der Waals surface area contributed by atoms with Crippen LogP contribution in [0.3, 0.4) is 0 Å². The van der Waals surface area contributed by atoms with Gasteiger partial charge in [-0.1, -0.05) is 6.92 Å². The number of piperazine rings is 1. The number of benzene rings is 1. The molecule has 1 saturated heterocycles. The van der Waals surface area contributed by atoms with Crippen LogP contribution in [-0.2, 0) is 0 Å². The van der Waals surface area contributed by atoms with E-state index < -0.39 is 17.5 Å². The molecule has 0 bridgehead atoms. The Labute approximate surface area is 149 Å². The molecule has 0 atom stereocenters. The minimum Gasteiger partial charge on any atom is -0.338 e. The molecule has 0 aliphatic carbocycles. The molecule has 1 aromatic heterocycles. The van der Waals surface area contributed by atoms with Gasteiger partial charge in [-0.15, -0.1) is 0 Å². The third kappa shape index (κ3) is 3.80. The Morgan fingerprint density at radius 1 is 1.12 bits per heavy atom. The average Bonchev–Trinajstić information content (AvgIpc) is 2.68. The van der Waals surface area contributed by atoms with Crippen molar-refractivity contribution in [3.8, 4) is 0 Å². The van der Waals surface area contributed by atoms with E-state index in [1.807, 2.05) is 0 Å². The van der Waals surface area contributed by atoms with E-state index in [0.717, 1.165) is 31.8 Å². The average molecular weight is 364 g/mol. The zero-order valence-electron chi connectivity index (χ0n) is 14.3. The molecular weight excluding hydrogens is 345 g/mol. The van der Waals surface area contributed by atoms with Crippen molar-refractivity contribution in [3.63, 3.8) is 0 Å². The van der Waals surface area contributed by atoms with Gasteiger partial charge in [0, 0.05) is 37.9 Å². The quantitative estimate of drug-likeness (QED) is 0.848. The first-order chi connectivity index (χ1) is 12.5. The van der Waals surface area contributed by atoms with Gasteiger partial charge in [-0.05, 0) is 30.8 Å². The topological polar surface area (TPSA) is 48.5 Å². The van der Waals surface area contributed by atoms with Crippen molar-refractivity contribution >= 4 is 17.4 Å². The number of anilines is 2. The van der Waals surface area contributed by atoms with Gasteiger partial charge in [0.05, 0.1) is 5.69 Å². The molecule has 5 nitrogen and oxygen atoms in total. The summed E-state index contributed by atoms with van der Waals surface area (Å²) in [6, 6.07) is 4.94. The lowest BCUT2D eigenvalue weighted by Gasteiger charge is -2.34. The molecule has 1 N–H and O–H groups in total. The highest BCUT2D eigenvalue weighted by Crippen LogP contribution is 2.23. The van der Waals surface area contributed by atoms with Crippen LogP contribution in [0.25, 0.3) is 0 Å². The van der Waals surface area contributed by atoms with Crippen molar-refractivity contribution < 1.29 is 18.0 Å². The van der Waals surface area contributed by atoms with E-state index in [2.05, 4.69) is 22.1 Å². The van der Waals surface area contributed by atoms with Gasteiger partial charge in [-0.25, -0.2) is 18.2 Å². The summed E-state index contributed by atoms with van der Waals surface area (Å²) in [4.78, 5) is 20.7. The van der Waals surface area contributed by atoms with Crippen LogP contribution in [0.5, 0.6) is 0 Å². The highest BCUT2D eigenvalue weighted by atomic mass is 19.2. The molecule has 1 fully saturated rings. The molecule has 2 heterocycles. The van der Waals surface area contributed by atoms with Crippen molar-refractivity contribution in [2.24, 2.45) is 0 Å². The summed E-state index contributed by atoms with van der Waals surface area (Å²) in [5, 5.41) is 2.58. The summed E-state index contributed by atoms with van der Waals surface area (Å²) in [5.41, 5.74) is 0.146. The number of nitrogens with zero attached hydrogens (tertiary/aromatic N) is 3. The molecule has 3 rings (SSSR count). The van der Waals surface area contributed by atoms with E-state index in [1.165, 1.54) is 12.3 Å². The van der Waals surface area contributed by atoms with Gasteiger partial charge in [0.1, 0.15) is 5.82 Å². The zero-order valence-corrected chi connectivity index (χ0v) is 14.3. The SMILES string of the molecule is CCN1CCN(C(=O)c2ccnc(Nc3ccc(F)c(F)c3F)c2)CC1. The molecule has 2 aromatic rings. The van der Waals surface area contributed by atoms with Crippen LogP contribution in [0.15, 0.2) is 30.5 Å². The van der Waals surface area contributed by atoms with Crippen molar-refractivity contribution in [1.29, 1.82) is 0 Å². The minimum absolute atomic E-state index is 0.142. The summed E-state index contributed by atoms with van der Waals surface area (Å²) >= 11 is 0. The minimum atomic E-state index is -1.56. The van der Waals surface area contributed by atoms with E-state index in [0.29, 0.717) is 18.7 Å². The summed E-state index contributed by atoms with van der Waals surface area (Å²) in [6.07, 6.45) is 1.41. The number of hydrogen-bond acceptors (Lipinski definition) is 4. The van der Waals surface area contributed by atoms with Crippen LogP contribution < -0.4 is 5.32 Å². The second-order valence-electron chi connectivity index (χ2n) is 6.00. The number of likely N-dealkylation sites (N-methyl/N-ethyl adjacent to an activating group) is 1. The van der Waals surface area contributed by atoms with Crippen LogP contribution in [0.4, 0.5) is 24.7 Å². The summed E-state index contributed by atoms with van der Waals surface area (Å²) in [5.74, 6) is -4.13. The van der Waals surface area contributed by atoms with Crippen molar-refractivity contribution in [3.05, 3.63) is 53.5 Å². The van der Waals surface area contributed by atoms with Crippen LogP contribution in [0.2, 0.25) is 0 Å². The van der Waals surface area contributed by atoms with E-state index in [4.69, 9.17) is 0 Å². The Bertz CT molecular complexity index is 807. The van der Waals surface area contributed by atoms with Crippen molar-refractivity contribution in [2.75, 3.05) is 38.0 Å². The first-order valence-electron chi connectivity index (χ1n) is 8.37. The van der Waals surface area contributed by atoms with Gasteiger partial charge in [-0.2, -0.15) is 0 Å². The van der Waals surface area contributed by atoms with Gasteiger partial charge in [0.25, 0.3) is 5.91 Å². The van der Waals surface area contributed by atoms with Crippen LogP contribution in [0.1, 0.15) is 17.3 Å². The second-order valence-corrected chi connectivity index (χ2v) is 6.00. The van der Waals surface area contributed by atoms with Crippen LogP contribution in [-0.4, -0.2) is 53.4 Å². The molecule has 0 unspecified atom stereocenters. The largest absolute Gasteiger partial charge is 0.338 e. The number of carbonyl (C=O) groups excluding carboxylic acids is 1. The lowest BCUT2D eigenvalue weighted by atomic mass is 10.2. The third-order valence-electron chi connectivity index (χ3n) is 4.41. The number of hydrogen-bond donors (Lipinski definition) is 1. The predicted molar refractivity (Wildman–Crippen MR) is 91.9 cm³/mol. The van der Waals surface area contributed by atoms with E-state index >= 15 is 0 Å². The smallest absolute Gasteiger partial charge is 0.254 e. The Morgan fingerprint density at radius 2 is 1.85 bits per heavy atom. The first kappa shape index (κ1) is 18.2. The number of pyridine rings is 1. The van der Waals surface area contributed by atoms with Gasteiger partial charge in [0.2, 0.25) is 0 Å². The number of nitrogens with one attached hydrogen (secondary N) is 1. The maximum absolute atomic E-state index is 13.8. The Hall–Kier alpha value is -2.61. The summed E-state index contributed by atoms with van der Waals surface area (Å²) in [6.45, 7) is 5.93. The number of aromatic nitrogens is 1. The third-order valence-corrected chi connectivity index (χ3v) is 4.41. The van der Waals surface area contributed by atoms with Crippen molar-refractivity contribution in [2.45, 2.75) is 6.92 Å². The fraction of sp³-hybridized carbons (Fsp3) is 0.333. The zero-order chi connectivity index (χ0) is 18.7. The van der Waals surface area contributed by atoms with Crippen molar-refractivity contribution in [1.82, 2.24) is 14.8 Å². The number of rotatable bonds is 4. The second kappa shape index (κ2) is 7.74. The monoisotopic (exact) mass is 364 g/mol. The highest BCUT2D eigenvalue weighted by Gasteiger charge is 2.22. The molecule has 1 aliphatic rings. The number of halogens is 3. The molecule has 1 aliphatic heterocycles. The molecule has 1 amide bonds. The first-order valence-corrected chi connectivity index (χ1v) is 8.37. The van der Waals surface area contributed by atoms with Gasteiger partial charge >= 0.3 is 0 Å². The van der Waals surface area contributed by atoms with E-state index in [1.54, 1.807) is 11.0 Å². The normalized spacial score (nSPS) is 15.2. The highest BCUT2D eigenvalue weighted by molar-refractivity contribution is 5.95. The number of carbonyl (C=O) groups is 1. The maximum atomic E-state index is 13.8. The fourth-order valence-corrected chi connectivity index (χ4v) is 2.84. The van der Waals surface area contributed by atoms with E-state index in [-0.39, 0.29) is 17.4 Å². The fourth-order valence-electron chi connectivity index (χ4n) is 2.84. The van der Waals surface area contributed by atoms with Crippen LogP contribution >= 0.6 is 0 Å². The summed E-state index contributed by atoms with van der Waals surface area (Å²) < 4.78 is 40.1. The molecule has 0 saturated carbocycles. The Kier molecular flexibility index (Phi) is 5.41. The van der Waals surface area contributed by atoms with Gasteiger partial charge < -0.3 is 15.1 Å². The Morgan fingerprint density at radius 3 is 2.54 bits per heavy atom. The van der Waals surface area contributed by atoms with Gasteiger partial charge in [-0.3, -0.25) is 4.79 Å². The standard InChI is InChI=1S/C18H19F3N4O/c1-2-24-7-9-25(10-8-24)18(26)12-5-6-22-15(11-12)23-14-4-3-13(19)16(20)17(14)21/h3-6,11H,2,7-10H2,1H3,(H,22,23). The Balaban J connectivity index is 1.74. The predicted octanol–water partition coefficient (Wildman–Crippen LogP) is 3.02. The lowest BCUT2D eigenvalue weighted by Crippen LogP contribution is -2.48. The molecule has 8 heteroatoms. The summed E-state index contributed by atoms with van der Waals surface area (Å²) in [7, 11) is 0. The molecule has 0 spiro atoms. The maximum Gasteiger partial charge on any atom is 0.254 e. The number of amides is 1.